The van der Waals surface area contributed by atoms with Gasteiger partial charge in [0.2, 0.25) is 0 Å². The van der Waals surface area contributed by atoms with Gasteiger partial charge < -0.3 is 10.5 Å². The van der Waals surface area contributed by atoms with Gasteiger partial charge in [-0.3, -0.25) is 4.90 Å². The zero-order valence-electron chi connectivity index (χ0n) is 9.82. The standard InChI is InChI=1S/C12H24N2O/c1-2-10-9-15-8-7-14(10)12-6-4-3-5-11(12)13/h10-12H,2-9,13H2,1H3. The molecule has 3 nitrogen and oxygen atoms in total. The minimum atomic E-state index is 0.394. The van der Waals surface area contributed by atoms with Crippen LogP contribution in [0, 0.1) is 0 Å². The van der Waals surface area contributed by atoms with E-state index in [1.54, 1.807) is 0 Å². The Morgan fingerprint density at radius 2 is 2.13 bits per heavy atom. The van der Waals surface area contributed by atoms with Crippen molar-refractivity contribution in [3.05, 3.63) is 0 Å². The van der Waals surface area contributed by atoms with Crippen LogP contribution in [-0.2, 0) is 4.74 Å². The molecule has 3 atom stereocenters. The number of ether oxygens (including phenoxy) is 1. The third-order valence-electron chi connectivity index (χ3n) is 3.95. The zero-order chi connectivity index (χ0) is 10.7. The second kappa shape index (κ2) is 5.28. The molecular formula is C12H24N2O. The quantitative estimate of drug-likeness (QED) is 0.751. The Hall–Kier alpha value is -0.120. The van der Waals surface area contributed by atoms with E-state index < -0.39 is 0 Å². The molecule has 0 aromatic carbocycles. The smallest absolute Gasteiger partial charge is 0.0622 e. The topological polar surface area (TPSA) is 38.5 Å². The summed E-state index contributed by atoms with van der Waals surface area (Å²) >= 11 is 0. The Morgan fingerprint density at radius 3 is 2.87 bits per heavy atom. The summed E-state index contributed by atoms with van der Waals surface area (Å²) < 4.78 is 5.55. The molecule has 0 spiro atoms. The van der Waals surface area contributed by atoms with Crippen LogP contribution in [0.4, 0.5) is 0 Å². The van der Waals surface area contributed by atoms with Crippen LogP contribution in [0.5, 0.6) is 0 Å². The van der Waals surface area contributed by atoms with Gasteiger partial charge in [0.1, 0.15) is 0 Å². The maximum Gasteiger partial charge on any atom is 0.0622 e. The van der Waals surface area contributed by atoms with Crippen molar-refractivity contribution in [2.24, 2.45) is 5.73 Å². The summed E-state index contributed by atoms with van der Waals surface area (Å²) in [6.07, 6.45) is 6.35. The molecule has 1 aliphatic heterocycles. The normalized spacial score (nSPS) is 39.2. The Morgan fingerprint density at radius 1 is 1.33 bits per heavy atom. The first-order chi connectivity index (χ1) is 7.33. The van der Waals surface area contributed by atoms with E-state index in [9.17, 15) is 0 Å². The van der Waals surface area contributed by atoms with Gasteiger partial charge in [-0.05, 0) is 19.3 Å². The first-order valence-electron chi connectivity index (χ1n) is 6.42. The molecule has 1 heterocycles. The van der Waals surface area contributed by atoms with Crippen molar-refractivity contribution in [2.45, 2.75) is 57.2 Å². The first kappa shape index (κ1) is 11.4. The summed E-state index contributed by atoms with van der Waals surface area (Å²) in [6, 6.07) is 1.62. The maximum atomic E-state index is 6.24. The van der Waals surface area contributed by atoms with Crippen LogP contribution < -0.4 is 5.73 Å². The Kier molecular flexibility index (Phi) is 4.00. The SMILES string of the molecule is CCC1COCCN1C1CCCCC1N. The molecule has 2 aliphatic rings. The molecule has 0 aromatic heterocycles. The van der Waals surface area contributed by atoms with Crippen LogP contribution in [0.15, 0.2) is 0 Å². The predicted molar refractivity (Wildman–Crippen MR) is 61.8 cm³/mol. The first-order valence-corrected chi connectivity index (χ1v) is 6.42. The fourth-order valence-electron chi connectivity index (χ4n) is 3.01. The summed E-state index contributed by atoms with van der Waals surface area (Å²) in [5, 5.41) is 0. The second-order valence-corrected chi connectivity index (χ2v) is 4.89. The van der Waals surface area contributed by atoms with Gasteiger partial charge in [-0.25, -0.2) is 0 Å². The van der Waals surface area contributed by atoms with E-state index in [1.165, 1.54) is 32.1 Å². The van der Waals surface area contributed by atoms with Crippen molar-refractivity contribution in [3.63, 3.8) is 0 Å². The van der Waals surface area contributed by atoms with Crippen molar-refractivity contribution < 1.29 is 4.74 Å². The molecule has 1 aliphatic carbocycles. The van der Waals surface area contributed by atoms with Gasteiger partial charge in [0.05, 0.1) is 13.2 Å². The van der Waals surface area contributed by atoms with E-state index in [4.69, 9.17) is 10.5 Å². The maximum absolute atomic E-state index is 6.24. The Labute approximate surface area is 93.0 Å². The molecule has 1 saturated heterocycles. The molecule has 3 heteroatoms. The Balaban J connectivity index is 1.99. The van der Waals surface area contributed by atoms with E-state index >= 15 is 0 Å². The highest BCUT2D eigenvalue weighted by Gasteiger charge is 2.33. The molecule has 15 heavy (non-hydrogen) atoms. The van der Waals surface area contributed by atoms with Crippen LogP contribution >= 0.6 is 0 Å². The zero-order valence-corrected chi connectivity index (χ0v) is 9.82. The van der Waals surface area contributed by atoms with Crippen molar-refractivity contribution in [3.8, 4) is 0 Å². The van der Waals surface area contributed by atoms with Gasteiger partial charge in [-0.15, -0.1) is 0 Å². The molecule has 0 bridgehead atoms. The minimum Gasteiger partial charge on any atom is -0.378 e. The highest BCUT2D eigenvalue weighted by Crippen LogP contribution is 2.25. The number of nitrogens with zero attached hydrogens (tertiary/aromatic N) is 1. The monoisotopic (exact) mass is 212 g/mol. The van der Waals surface area contributed by atoms with Gasteiger partial charge in [-0.1, -0.05) is 19.8 Å². The predicted octanol–water partition coefficient (Wildman–Crippen LogP) is 1.37. The number of hydrogen-bond donors (Lipinski definition) is 1. The summed E-state index contributed by atoms with van der Waals surface area (Å²) in [5.74, 6) is 0. The molecule has 2 N–H and O–H groups in total. The number of hydrogen-bond acceptors (Lipinski definition) is 3. The highest BCUT2D eigenvalue weighted by molar-refractivity contribution is 4.90. The highest BCUT2D eigenvalue weighted by atomic mass is 16.5. The summed E-state index contributed by atoms with van der Waals surface area (Å²) in [4.78, 5) is 2.62. The molecule has 0 aromatic rings. The van der Waals surface area contributed by atoms with E-state index in [1.807, 2.05) is 0 Å². The van der Waals surface area contributed by atoms with Crippen LogP contribution in [-0.4, -0.2) is 42.8 Å². The lowest BCUT2D eigenvalue weighted by Crippen LogP contribution is -2.57. The molecular weight excluding hydrogens is 188 g/mol. The number of nitrogens with two attached hydrogens (primary N) is 1. The lowest BCUT2D eigenvalue weighted by molar-refractivity contribution is -0.0411. The van der Waals surface area contributed by atoms with Crippen LogP contribution in [0.25, 0.3) is 0 Å². The minimum absolute atomic E-state index is 0.394. The number of morpholine rings is 1. The van der Waals surface area contributed by atoms with Gasteiger partial charge in [0.15, 0.2) is 0 Å². The molecule has 3 unspecified atom stereocenters. The average molecular weight is 212 g/mol. The fraction of sp³-hybridized carbons (Fsp3) is 1.00. The molecule has 0 radical (unpaired) electrons. The molecule has 88 valence electrons. The second-order valence-electron chi connectivity index (χ2n) is 4.89. The largest absolute Gasteiger partial charge is 0.378 e. The van der Waals surface area contributed by atoms with Gasteiger partial charge in [0.25, 0.3) is 0 Å². The third kappa shape index (κ3) is 2.52. The van der Waals surface area contributed by atoms with Crippen molar-refractivity contribution in [1.82, 2.24) is 4.90 Å². The molecule has 1 saturated carbocycles. The fourth-order valence-corrected chi connectivity index (χ4v) is 3.01. The van der Waals surface area contributed by atoms with Crippen LogP contribution in [0.2, 0.25) is 0 Å². The molecule has 0 amide bonds. The van der Waals surface area contributed by atoms with E-state index in [0.717, 1.165) is 19.8 Å². The van der Waals surface area contributed by atoms with Gasteiger partial charge >= 0.3 is 0 Å². The lowest BCUT2D eigenvalue weighted by atomic mass is 9.88. The van der Waals surface area contributed by atoms with Crippen molar-refractivity contribution in [2.75, 3.05) is 19.8 Å². The summed E-state index contributed by atoms with van der Waals surface area (Å²) in [7, 11) is 0. The van der Waals surface area contributed by atoms with Crippen molar-refractivity contribution >= 4 is 0 Å². The molecule has 2 fully saturated rings. The van der Waals surface area contributed by atoms with E-state index in [2.05, 4.69) is 11.8 Å². The van der Waals surface area contributed by atoms with Gasteiger partial charge in [-0.2, -0.15) is 0 Å². The lowest BCUT2D eigenvalue weighted by Gasteiger charge is -2.44. The van der Waals surface area contributed by atoms with Crippen molar-refractivity contribution in [1.29, 1.82) is 0 Å². The van der Waals surface area contributed by atoms with Gasteiger partial charge in [0, 0.05) is 24.7 Å². The molecule has 2 rings (SSSR count). The average Bonchev–Trinajstić information content (AvgIpc) is 2.30. The number of rotatable bonds is 2. The van der Waals surface area contributed by atoms with E-state index in [-0.39, 0.29) is 0 Å². The summed E-state index contributed by atoms with van der Waals surface area (Å²) in [6.45, 7) is 5.12. The Bertz CT molecular complexity index is 198. The van der Waals surface area contributed by atoms with E-state index in [0.29, 0.717) is 18.1 Å². The summed E-state index contributed by atoms with van der Waals surface area (Å²) in [5.41, 5.74) is 6.24. The third-order valence-corrected chi connectivity index (χ3v) is 3.95. The van der Waals surface area contributed by atoms with Crippen LogP contribution in [0.3, 0.4) is 0 Å². The van der Waals surface area contributed by atoms with Crippen LogP contribution in [0.1, 0.15) is 39.0 Å².